The Balaban J connectivity index is 1.79. The minimum Gasteiger partial charge on any atom is -0.268 e. The van der Waals surface area contributed by atoms with Crippen LogP contribution in [0.25, 0.3) is 6.08 Å². The number of hydrogen-bond acceptors (Lipinski definition) is 7. The van der Waals surface area contributed by atoms with Gasteiger partial charge in [0.2, 0.25) is 0 Å². The molecular weight excluding hydrogens is 322 g/mol. The number of thioether (sulfide) groups is 1. The molecule has 1 fully saturated rings. The first-order chi connectivity index (χ1) is 10.7. The van der Waals surface area contributed by atoms with E-state index in [9.17, 15) is 9.59 Å². The van der Waals surface area contributed by atoms with Crippen molar-refractivity contribution in [2.45, 2.75) is 26.4 Å². The Morgan fingerprint density at radius 1 is 1.36 bits per heavy atom. The fourth-order valence-electron chi connectivity index (χ4n) is 2.00. The lowest BCUT2D eigenvalue weighted by Crippen LogP contribution is -2.29. The number of amides is 2. The molecule has 0 aliphatic carbocycles. The summed E-state index contributed by atoms with van der Waals surface area (Å²) in [5, 5.41) is 13.0. The van der Waals surface area contributed by atoms with Gasteiger partial charge >= 0.3 is 0 Å². The quantitative estimate of drug-likeness (QED) is 0.780. The number of aryl methyl sites for hydroxylation is 1. The third-order valence-electron chi connectivity index (χ3n) is 3.03. The van der Waals surface area contributed by atoms with Crippen molar-refractivity contribution in [2.75, 3.05) is 0 Å². The molecule has 0 saturated carbocycles. The van der Waals surface area contributed by atoms with Gasteiger partial charge in [0.05, 0.1) is 11.4 Å². The molecule has 2 aromatic rings. The second kappa shape index (κ2) is 6.41. The molecule has 2 aromatic heterocycles. The number of rotatable bonds is 5. The normalized spacial score (nSPS) is 17.0. The smallest absolute Gasteiger partial charge is 0.268 e. The van der Waals surface area contributed by atoms with Crippen molar-refractivity contribution in [3.05, 3.63) is 33.1 Å². The standard InChI is InChI=1S/C13H13N5O2S2/c1-2-5-18-11(14-15-16-18)8-17-12(19)10(22-13(17)20)7-9-4-3-6-21-9/h3-4,6-7H,2,5,8H2,1H3/b10-7-. The highest BCUT2D eigenvalue weighted by Crippen LogP contribution is 2.33. The Kier molecular flexibility index (Phi) is 4.34. The van der Waals surface area contributed by atoms with Crippen LogP contribution in [-0.2, 0) is 17.9 Å². The lowest BCUT2D eigenvalue weighted by Gasteiger charge is -2.11. The molecule has 3 rings (SSSR count). The summed E-state index contributed by atoms with van der Waals surface area (Å²) in [7, 11) is 0. The summed E-state index contributed by atoms with van der Waals surface area (Å²) in [4.78, 5) is 27.0. The molecule has 2 amide bonds. The van der Waals surface area contributed by atoms with Crippen LogP contribution in [0.5, 0.6) is 0 Å². The Morgan fingerprint density at radius 2 is 2.23 bits per heavy atom. The predicted octanol–water partition coefficient (Wildman–Crippen LogP) is 2.38. The molecular formula is C13H13N5O2S2. The van der Waals surface area contributed by atoms with Crippen LogP contribution in [0, 0.1) is 0 Å². The molecule has 0 bridgehead atoms. The number of hydrogen-bond donors (Lipinski definition) is 0. The summed E-state index contributed by atoms with van der Waals surface area (Å²) in [5.41, 5.74) is 0. The monoisotopic (exact) mass is 335 g/mol. The fraction of sp³-hybridized carbons (Fsp3) is 0.308. The molecule has 1 aliphatic heterocycles. The summed E-state index contributed by atoms with van der Waals surface area (Å²) in [6.45, 7) is 2.76. The molecule has 22 heavy (non-hydrogen) atoms. The van der Waals surface area contributed by atoms with Crippen LogP contribution >= 0.6 is 23.1 Å². The maximum absolute atomic E-state index is 12.4. The van der Waals surface area contributed by atoms with Crippen molar-refractivity contribution >= 4 is 40.3 Å². The second-order valence-electron chi connectivity index (χ2n) is 4.60. The minimum atomic E-state index is -0.297. The molecule has 1 saturated heterocycles. The third-order valence-corrected chi connectivity index (χ3v) is 4.76. The molecule has 0 unspecified atom stereocenters. The van der Waals surface area contributed by atoms with Gasteiger partial charge in [-0.2, -0.15) is 0 Å². The zero-order valence-corrected chi connectivity index (χ0v) is 13.4. The van der Waals surface area contributed by atoms with E-state index in [2.05, 4.69) is 15.5 Å². The molecule has 0 N–H and O–H groups in total. The largest absolute Gasteiger partial charge is 0.293 e. The summed E-state index contributed by atoms with van der Waals surface area (Å²) >= 11 is 2.47. The highest BCUT2D eigenvalue weighted by molar-refractivity contribution is 8.18. The summed E-state index contributed by atoms with van der Waals surface area (Å²) in [6, 6.07) is 3.81. The number of aromatic nitrogens is 4. The fourth-order valence-corrected chi connectivity index (χ4v) is 3.56. The zero-order chi connectivity index (χ0) is 15.5. The van der Waals surface area contributed by atoms with E-state index in [0.717, 1.165) is 23.1 Å². The van der Waals surface area contributed by atoms with Gasteiger partial charge in [0.1, 0.15) is 0 Å². The van der Waals surface area contributed by atoms with Gasteiger partial charge in [0, 0.05) is 11.4 Å². The van der Waals surface area contributed by atoms with Gasteiger partial charge in [-0.15, -0.1) is 16.4 Å². The van der Waals surface area contributed by atoms with Crippen LogP contribution < -0.4 is 0 Å². The average Bonchev–Trinajstić information content (AvgIpc) is 3.20. The average molecular weight is 335 g/mol. The van der Waals surface area contributed by atoms with Crippen LogP contribution in [0.1, 0.15) is 24.0 Å². The first kappa shape index (κ1) is 14.9. The van der Waals surface area contributed by atoms with Crippen molar-refractivity contribution in [1.29, 1.82) is 0 Å². The third kappa shape index (κ3) is 2.95. The van der Waals surface area contributed by atoms with E-state index in [-0.39, 0.29) is 17.7 Å². The molecule has 0 radical (unpaired) electrons. The lowest BCUT2D eigenvalue weighted by molar-refractivity contribution is -0.123. The van der Waals surface area contributed by atoms with E-state index in [1.807, 2.05) is 24.4 Å². The molecule has 9 heteroatoms. The minimum absolute atomic E-state index is 0.0967. The van der Waals surface area contributed by atoms with Crippen molar-refractivity contribution in [3.8, 4) is 0 Å². The van der Waals surface area contributed by atoms with E-state index in [1.54, 1.807) is 10.8 Å². The molecule has 0 spiro atoms. The van der Waals surface area contributed by atoms with Gasteiger partial charge in [-0.3, -0.25) is 14.5 Å². The van der Waals surface area contributed by atoms with E-state index >= 15 is 0 Å². The molecule has 114 valence electrons. The van der Waals surface area contributed by atoms with Gasteiger partial charge in [-0.25, -0.2) is 4.68 Å². The van der Waals surface area contributed by atoms with E-state index in [4.69, 9.17) is 0 Å². The highest BCUT2D eigenvalue weighted by atomic mass is 32.2. The maximum Gasteiger partial charge on any atom is 0.293 e. The molecule has 7 nitrogen and oxygen atoms in total. The number of carbonyl (C=O) groups is 2. The van der Waals surface area contributed by atoms with Crippen LogP contribution in [0.15, 0.2) is 22.4 Å². The van der Waals surface area contributed by atoms with Crippen molar-refractivity contribution in [2.24, 2.45) is 0 Å². The van der Waals surface area contributed by atoms with Crippen LogP contribution in [0.3, 0.4) is 0 Å². The number of carbonyl (C=O) groups excluding carboxylic acids is 2. The van der Waals surface area contributed by atoms with E-state index < -0.39 is 0 Å². The number of nitrogens with zero attached hydrogens (tertiary/aromatic N) is 5. The first-order valence-electron chi connectivity index (χ1n) is 6.73. The van der Waals surface area contributed by atoms with Gasteiger partial charge in [0.15, 0.2) is 5.82 Å². The topological polar surface area (TPSA) is 81.0 Å². The van der Waals surface area contributed by atoms with E-state index in [1.165, 1.54) is 16.2 Å². The molecule has 0 atom stereocenters. The molecule has 3 heterocycles. The van der Waals surface area contributed by atoms with Crippen LogP contribution in [0.4, 0.5) is 4.79 Å². The predicted molar refractivity (Wildman–Crippen MR) is 83.9 cm³/mol. The Morgan fingerprint density at radius 3 is 2.95 bits per heavy atom. The summed E-state index contributed by atoms with van der Waals surface area (Å²) in [5.74, 6) is 0.218. The molecule has 1 aliphatic rings. The van der Waals surface area contributed by atoms with Gasteiger partial charge in [-0.1, -0.05) is 13.0 Å². The van der Waals surface area contributed by atoms with Gasteiger partial charge in [0.25, 0.3) is 11.1 Å². The van der Waals surface area contributed by atoms with Crippen molar-refractivity contribution < 1.29 is 9.59 Å². The van der Waals surface area contributed by atoms with Crippen LogP contribution in [-0.4, -0.2) is 36.3 Å². The Hall–Kier alpha value is -2.00. The SMILES string of the molecule is CCCn1nnnc1CN1C(=O)S/C(=C\c2cccs2)C1=O. The zero-order valence-electron chi connectivity index (χ0n) is 11.8. The first-order valence-corrected chi connectivity index (χ1v) is 8.42. The Bertz CT molecular complexity index is 723. The summed E-state index contributed by atoms with van der Waals surface area (Å²) in [6.07, 6.45) is 2.61. The van der Waals surface area contributed by atoms with Gasteiger partial charge < -0.3 is 0 Å². The van der Waals surface area contributed by atoms with E-state index in [0.29, 0.717) is 17.3 Å². The lowest BCUT2D eigenvalue weighted by atomic mass is 10.3. The highest BCUT2D eigenvalue weighted by Gasteiger charge is 2.36. The maximum atomic E-state index is 12.4. The molecule has 0 aromatic carbocycles. The van der Waals surface area contributed by atoms with Gasteiger partial charge in [-0.05, 0) is 46.1 Å². The number of tetrazole rings is 1. The van der Waals surface area contributed by atoms with Crippen molar-refractivity contribution in [1.82, 2.24) is 25.1 Å². The van der Waals surface area contributed by atoms with Crippen molar-refractivity contribution in [3.63, 3.8) is 0 Å². The second-order valence-corrected chi connectivity index (χ2v) is 6.57. The number of imide groups is 1. The Labute approximate surface area is 135 Å². The van der Waals surface area contributed by atoms with Crippen LogP contribution in [0.2, 0.25) is 0 Å². The summed E-state index contributed by atoms with van der Waals surface area (Å²) < 4.78 is 1.62. The number of thiophene rings is 1.